The van der Waals surface area contributed by atoms with Gasteiger partial charge in [0.2, 0.25) is 0 Å². The second kappa shape index (κ2) is 6.20. The van der Waals surface area contributed by atoms with Gasteiger partial charge in [0.15, 0.2) is 0 Å². The smallest absolute Gasteiger partial charge is 0.142 e. The van der Waals surface area contributed by atoms with Gasteiger partial charge in [-0.05, 0) is 37.6 Å². The summed E-state index contributed by atoms with van der Waals surface area (Å²) in [6, 6.07) is 8.30. The van der Waals surface area contributed by atoms with E-state index >= 15 is 0 Å². The minimum absolute atomic E-state index is 0.0485. The molecule has 1 atom stereocenters. The van der Waals surface area contributed by atoms with Crippen LogP contribution >= 0.6 is 11.6 Å². The van der Waals surface area contributed by atoms with Gasteiger partial charge in [0.25, 0.3) is 0 Å². The van der Waals surface area contributed by atoms with E-state index in [0.717, 1.165) is 0 Å². The quantitative estimate of drug-likeness (QED) is 0.913. The molecule has 2 N–H and O–H groups in total. The Labute approximate surface area is 121 Å². The Morgan fingerprint density at radius 1 is 1.20 bits per heavy atom. The third-order valence-corrected chi connectivity index (χ3v) is 3.01. The average Bonchev–Trinajstić information content (AvgIpc) is 2.38. The summed E-state index contributed by atoms with van der Waals surface area (Å²) in [6.45, 7) is 1.78. The molecule has 0 saturated carbocycles. The first-order valence-electron chi connectivity index (χ1n) is 6.13. The Balaban J connectivity index is 2.32. The Morgan fingerprint density at radius 2 is 1.95 bits per heavy atom. The van der Waals surface area contributed by atoms with Crippen molar-refractivity contribution in [1.29, 1.82) is 0 Å². The fraction of sp³-hybridized carbons (Fsp3) is 0.200. The molecule has 0 aliphatic heterocycles. The standard InChI is InChI=1S/C15H14ClF2NO/c1-9(19)7-11-13(17)3-2-4-15(11)20-10-5-6-14(18)12(16)8-10/h2-6,8-9H,7,19H2,1H3. The zero-order valence-corrected chi connectivity index (χ0v) is 11.6. The van der Waals surface area contributed by atoms with E-state index in [2.05, 4.69) is 0 Å². The summed E-state index contributed by atoms with van der Waals surface area (Å²) in [6.07, 6.45) is 0.344. The van der Waals surface area contributed by atoms with Gasteiger partial charge in [-0.25, -0.2) is 8.78 Å². The Hall–Kier alpha value is -1.65. The lowest BCUT2D eigenvalue weighted by atomic mass is 10.1. The first kappa shape index (κ1) is 14.8. The van der Waals surface area contributed by atoms with Crippen LogP contribution in [0.15, 0.2) is 36.4 Å². The molecule has 1 unspecified atom stereocenters. The molecular weight excluding hydrogens is 284 g/mol. The van der Waals surface area contributed by atoms with Crippen molar-refractivity contribution in [2.45, 2.75) is 19.4 Å². The first-order chi connectivity index (χ1) is 9.47. The fourth-order valence-electron chi connectivity index (χ4n) is 1.82. The van der Waals surface area contributed by atoms with Crippen molar-refractivity contribution in [1.82, 2.24) is 0 Å². The van der Waals surface area contributed by atoms with Crippen LogP contribution in [0.3, 0.4) is 0 Å². The van der Waals surface area contributed by atoms with Crippen molar-refractivity contribution in [3.05, 3.63) is 58.6 Å². The molecule has 20 heavy (non-hydrogen) atoms. The molecule has 2 nitrogen and oxygen atoms in total. The maximum atomic E-state index is 13.8. The van der Waals surface area contributed by atoms with Crippen LogP contribution in [-0.2, 0) is 6.42 Å². The fourth-order valence-corrected chi connectivity index (χ4v) is 1.99. The number of benzene rings is 2. The van der Waals surface area contributed by atoms with Gasteiger partial charge >= 0.3 is 0 Å². The molecule has 0 fully saturated rings. The SMILES string of the molecule is CC(N)Cc1c(F)cccc1Oc1ccc(F)c(Cl)c1. The predicted octanol–water partition coefficient (Wildman–Crippen LogP) is 4.30. The van der Waals surface area contributed by atoms with Gasteiger partial charge in [-0.15, -0.1) is 0 Å². The first-order valence-corrected chi connectivity index (χ1v) is 6.51. The number of nitrogens with two attached hydrogens (primary N) is 1. The highest BCUT2D eigenvalue weighted by molar-refractivity contribution is 6.30. The second-order valence-electron chi connectivity index (χ2n) is 4.58. The lowest BCUT2D eigenvalue weighted by molar-refractivity contribution is 0.462. The summed E-state index contributed by atoms with van der Waals surface area (Å²) in [5.74, 6) is -0.222. The van der Waals surface area contributed by atoms with Gasteiger partial charge in [-0.2, -0.15) is 0 Å². The zero-order valence-electron chi connectivity index (χ0n) is 10.9. The minimum Gasteiger partial charge on any atom is -0.457 e. The Morgan fingerprint density at radius 3 is 2.60 bits per heavy atom. The molecule has 0 aromatic heterocycles. The number of ether oxygens (including phenoxy) is 1. The van der Waals surface area contributed by atoms with Crippen molar-refractivity contribution in [2.75, 3.05) is 0 Å². The van der Waals surface area contributed by atoms with E-state index < -0.39 is 5.82 Å². The van der Waals surface area contributed by atoms with Gasteiger partial charge in [-0.3, -0.25) is 0 Å². The van der Waals surface area contributed by atoms with Crippen LogP contribution in [0.25, 0.3) is 0 Å². The number of halogens is 3. The molecule has 0 bridgehead atoms. The van der Waals surface area contributed by atoms with Crippen molar-refractivity contribution in [3.8, 4) is 11.5 Å². The van der Waals surface area contributed by atoms with E-state index in [-0.39, 0.29) is 16.9 Å². The molecule has 0 amide bonds. The summed E-state index contributed by atoms with van der Waals surface area (Å²) < 4.78 is 32.5. The summed E-state index contributed by atoms with van der Waals surface area (Å²) >= 11 is 5.69. The van der Waals surface area contributed by atoms with Crippen molar-refractivity contribution in [3.63, 3.8) is 0 Å². The van der Waals surface area contributed by atoms with Crippen LogP contribution in [0.1, 0.15) is 12.5 Å². The highest BCUT2D eigenvalue weighted by Gasteiger charge is 2.13. The predicted molar refractivity (Wildman–Crippen MR) is 75.2 cm³/mol. The summed E-state index contributed by atoms with van der Waals surface area (Å²) in [5, 5.41) is -0.0485. The molecule has 106 valence electrons. The molecule has 2 aromatic carbocycles. The molecule has 0 aliphatic carbocycles. The summed E-state index contributed by atoms with van der Waals surface area (Å²) in [5.41, 5.74) is 6.10. The molecular formula is C15H14ClF2NO. The molecule has 2 aromatic rings. The highest BCUT2D eigenvalue weighted by Crippen LogP contribution is 2.30. The molecule has 0 heterocycles. The normalized spacial score (nSPS) is 12.2. The van der Waals surface area contributed by atoms with Crippen LogP contribution in [-0.4, -0.2) is 6.04 Å². The second-order valence-corrected chi connectivity index (χ2v) is 4.98. The van der Waals surface area contributed by atoms with Gasteiger partial charge < -0.3 is 10.5 Å². The maximum Gasteiger partial charge on any atom is 0.142 e. The van der Waals surface area contributed by atoms with E-state index in [1.54, 1.807) is 19.1 Å². The molecule has 0 radical (unpaired) electrons. The minimum atomic E-state index is -0.533. The van der Waals surface area contributed by atoms with Crippen molar-refractivity contribution >= 4 is 11.6 Å². The molecule has 0 aliphatic rings. The lowest BCUT2D eigenvalue weighted by Gasteiger charge is -2.14. The number of rotatable bonds is 4. The lowest BCUT2D eigenvalue weighted by Crippen LogP contribution is -2.19. The van der Waals surface area contributed by atoms with E-state index in [1.807, 2.05) is 0 Å². The van der Waals surface area contributed by atoms with Crippen LogP contribution < -0.4 is 10.5 Å². The van der Waals surface area contributed by atoms with E-state index in [0.29, 0.717) is 23.5 Å². The molecule has 5 heteroatoms. The number of hydrogen-bond donors (Lipinski definition) is 1. The van der Waals surface area contributed by atoms with Crippen LogP contribution in [0.4, 0.5) is 8.78 Å². The van der Waals surface area contributed by atoms with Crippen LogP contribution in [0, 0.1) is 11.6 Å². The third kappa shape index (κ3) is 3.46. The Bertz CT molecular complexity index is 617. The van der Waals surface area contributed by atoms with Crippen molar-refractivity contribution in [2.24, 2.45) is 5.73 Å². The molecule has 0 saturated heterocycles. The zero-order chi connectivity index (χ0) is 14.7. The monoisotopic (exact) mass is 297 g/mol. The van der Waals surface area contributed by atoms with Gasteiger partial charge in [-0.1, -0.05) is 17.7 Å². The summed E-state index contributed by atoms with van der Waals surface area (Å²) in [7, 11) is 0. The third-order valence-electron chi connectivity index (χ3n) is 2.72. The maximum absolute atomic E-state index is 13.8. The van der Waals surface area contributed by atoms with Crippen LogP contribution in [0.2, 0.25) is 5.02 Å². The number of hydrogen-bond acceptors (Lipinski definition) is 2. The van der Waals surface area contributed by atoms with Crippen molar-refractivity contribution < 1.29 is 13.5 Å². The van der Waals surface area contributed by atoms with E-state index in [9.17, 15) is 8.78 Å². The highest BCUT2D eigenvalue weighted by atomic mass is 35.5. The van der Waals surface area contributed by atoms with E-state index in [4.69, 9.17) is 22.1 Å². The van der Waals surface area contributed by atoms with Gasteiger partial charge in [0, 0.05) is 17.7 Å². The molecule has 2 rings (SSSR count). The average molecular weight is 298 g/mol. The van der Waals surface area contributed by atoms with Gasteiger partial charge in [0.05, 0.1) is 5.02 Å². The summed E-state index contributed by atoms with van der Waals surface area (Å²) in [4.78, 5) is 0. The van der Waals surface area contributed by atoms with E-state index in [1.165, 1.54) is 24.3 Å². The van der Waals surface area contributed by atoms with Crippen LogP contribution in [0.5, 0.6) is 11.5 Å². The largest absolute Gasteiger partial charge is 0.457 e. The molecule has 0 spiro atoms. The topological polar surface area (TPSA) is 35.2 Å². The van der Waals surface area contributed by atoms with Gasteiger partial charge in [0.1, 0.15) is 23.1 Å². The Kier molecular flexibility index (Phi) is 4.57.